The number of ether oxygens (including phenoxy) is 1. The highest BCUT2D eigenvalue weighted by Crippen LogP contribution is 2.16. The van der Waals surface area contributed by atoms with Crippen LogP contribution in [0.4, 0.5) is 0 Å². The number of fused-ring (bicyclic) bond motifs is 1. The highest BCUT2D eigenvalue weighted by atomic mass is 79.9. The first-order valence-corrected chi connectivity index (χ1v) is 6.08. The van der Waals surface area contributed by atoms with Gasteiger partial charge in [0.15, 0.2) is 4.96 Å². The zero-order valence-corrected chi connectivity index (χ0v) is 10.7. The zero-order valence-electron chi connectivity index (χ0n) is 8.27. The number of thiazole rings is 1. The molecule has 2 heterocycles. The van der Waals surface area contributed by atoms with Gasteiger partial charge in [0, 0.05) is 12.4 Å². The summed E-state index contributed by atoms with van der Waals surface area (Å²) in [6.45, 7) is 2.03. The van der Waals surface area contributed by atoms with E-state index in [1.54, 1.807) is 6.92 Å². The van der Waals surface area contributed by atoms with Gasteiger partial charge in [-0.3, -0.25) is 9.20 Å². The Morgan fingerprint density at radius 1 is 1.69 bits per heavy atom. The zero-order chi connectivity index (χ0) is 11.7. The molecule has 0 saturated carbocycles. The maximum absolute atomic E-state index is 11.7. The van der Waals surface area contributed by atoms with Crippen molar-refractivity contribution < 1.29 is 9.53 Å². The van der Waals surface area contributed by atoms with Gasteiger partial charge in [-0.15, -0.1) is 0 Å². The van der Waals surface area contributed by atoms with Gasteiger partial charge in [-0.25, -0.2) is 9.78 Å². The van der Waals surface area contributed by atoms with Crippen LogP contribution >= 0.6 is 27.3 Å². The maximum atomic E-state index is 11.7. The van der Waals surface area contributed by atoms with Gasteiger partial charge in [-0.2, -0.15) is 0 Å². The largest absolute Gasteiger partial charge is 0.462 e. The van der Waals surface area contributed by atoms with Gasteiger partial charge >= 0.3 is 5.97 Å². The number of hydrogen-bond acceptors (Lipinski definition) is 5. The van der Waals surface area contributed by atoms with Crippen LogP contribution in [-0.2, 0) is 4.74 Å². The van der Waals surface area contributed by atoms with Crippen molar-refractivity contribution in [1.29, 1.82) is 0 Å². The first kappa shape index (κ1) is 11.3. The Hall–Kier alpha value is -1.21. The molecular weight excluding hydrogens is 296 g/mol. The van der Waals surface area contributed by atoms with Gasteiger partial charge in [0.1, 0.15) is 9.35 Å². The molecular formula is C9H7BrN2O3S. The Morgan fingerprint density at radius 2 is 2.44 bits per heavy atom. The quantitative estimate of drug-likeness (QED) is 0.792. The van der Waals surface area contributed by atoms with E-state index in [1.807, 2.05) is 0 Å². The standard InChI is InChI=1S/C9H7BrN2O3S/c1-2-15-8(14)6-4-12-7(13)5(10)3-11-9(12)16-6/h3-4H,2H2,1H3. The van der Waals surface area contributed by atoms with Crippen molar-refractivity contribution in [3.63, 3.8) is 0 Å². The van der Waals surface area contributed by atoms with Crippen LogP contribution in [-0.4, -0.2) is 22.0 Å². The fourth-order valence-corrected chi connectivity index (χ4v) is 2.29. The van der Waals surface area contributed by atoms with Gasteiger partial charge in [0.25, 0.3) is 5.56 Å². The Bertz CT molecular complexity index is 604. The number of aromatic nitrogens is 2. The minimum atomic E-state index is -0.437. The summed E-state index contributed by atoms with van der Waals surface area (Å²) in [7, 11) is 0. The Morgan fingerprint density at radius 3 is 3.12 bits per heavy atom. The number of halogens is 1. The molecule has 2 aromatic heterocycles. The van der Waals surface area contributed by atoms with Crippen LogP contribution in [0.3, 0.4) is 0 Å². The minimum absolute atomic E-state index is 0.239. The second-order valence-corrected chi connectivity index (χ2v) is 4.74. The number of hydrogen-bond donors (Lipinski definition) is 0. The van der Waals surface area contributed by atoms with Crippen LogP contribution in [0.25, 0.3) is 4.96 Å². The van der Waals surface area contributed by atoms with Crippen molar-refractivity contribution in [3.05, 3.63) is 32.1 Å². The molecule has 84 valence electrons. The monoisotopic (exact) mass is 302 g/mol. The summed E-state index contributed by atoms with van der Waals surface area (Å²) in [4.78, 5) is 28.0. The van der Waals surface area contributed by atoms with Gasteiger partial charge in [-0.05, 0) is 22.9 Å². The lowest BCUT2D eigenvalue weighted by Gasteiger charge is -1.95. The first-order chi connectivity index (χ1) is 7.63. The third-order valence-electron chi connectivity index (χ3n) is 1.84. The molecule has 0 aliphatic rings. The average Bonchev–Trinajstić information content (AvgIpc) is 2.69. The SMILES string of the molecule is CCOC(=O)c1cn2c(=O)c(Br)cnc2s1. The van der Waals surface area contributed by atoms with E-state index in [1.165, 1.54) is 16.8 Å². The van der Waals surface area contributed by atoms with Crippen LogP contribution in [0.2, 0.25) is 0 Å². The Balaban J connectivity index is 2.56. The predicted octanol–water partition coefficient (Wildman–Crippen LogP) is 1.70. The molecule has 2 rings (SSSR count). The minimum Gasteiger partial charge on any atom is -0.462 e. The highest BCUT2D eigenvalue weighted by molar-refractivity contribution is 9.10. The van der Waals surface area contributed by atoms with Crippen molar-refractivity contribution in [2.24, 2.45) is 0 Å². The number of nitrogens with zero attached hydrogens (tertiary/aromatic N) is 2. The molecule has 0 fully saturated rings. The smallest absolute Gasteiger partial charge is 0.349 e. The molecule has 0 spiro atoms. The third kappa shape index (κ3) is 1.88. The molecule has 0 aliphatic carbocycles. The first-order valence-electron chi connectivity index (χ1n) is 4.47. The lowest BCUT2D eigenvalue weighted by atomic mass is 10.5. The summed E-state index contributed by atoms with van der Waals surface area (Å²) < 4.78 is 6.52. The van der Waals surface area contributed by atoms with Crippen molar-refractivity contribution in [1.82, 2.24) is 9.38 Å². The van der Waals surface area contributed by atoms with Crippen LogP contribution in [0.1, 0.15) is 16.6 Å². The lowest BCUT2D eigenvalue weighted by Crippen LogP contribution is -2.12. The van der Waals surface area contributed by atoms with Crippen LogP contribution < -0.4 is 5.56 Å². The summed E-state index contributed by atoms with van der Waals surface area (Å²) in [5.74, 6) is -0.437. The maximum Gasteiger partial charge on any atom is 0.349 e. The van der Waals surface area contributed by atoms with Crippen LogP contribution in [0, 0.1) is 0 Å². The Labute approximate surface area is 103 Å². The second kappa shape index (κ2) is 4.34. The van der Waals surface area contributed by atoms with E-state index >= 15 is 0 Å². The molecule has 0 aromatic carbocycles. The predicted molar refractivity (Wildman–Crippen MR) is 63.0 cm³/mol. The summed E-state index contributed by atoms with van der Waals surface area (Å²) in [5.41, 5.74) is -0.239. The third-order valence-corrected chi connectivity index (χ3v) is 3.36. The number of carbonyl (C=O) groups is 1. The molecule has 0 saturated heterocycles. The van der Waals surface area contributed by atoms with Gasteiger partial charge < -0.3 is 4.74 Å². The highest BCUT2D eigenvalue weighted by Gasteiger charge is 2.13. The molecule has 0 radical (unpaired) electrons. The second-order valence-electron chi connectivity index (χ2n) is 2.88. The summed E-state index contributed by atoms with van der Waals surface area (Å²) in [6, 6.07) is 0. The molecule has 0 N–H and O–H groups in total. The van der Waals surface area contributed by atoms with E-state index < -0.39 is 5.97 Å². The molecule has 0 atom stereocenters. The molecule has 0 aliphatic heterocycles. The van der Waals surface area contributed by atoms with Crippen molar-refractivity contribution in [3.8, 4) is 0 Å². The van der Waals surface area contributed by atoms with Crippen LogP contribution in [0.15, 0.2) is 21.7 Å². The number of carbonyl (C=O) groups excluding carboxylic acids is 1. The van der Waals surface area contributed by atoms with E-state index in [2.05, 4.69) is 20.9 Å². The van der Waals surface area contributed by atoms with Gasteiger partial charge in [0.2, 0.25) is 0 Å². The van der Waals surface area contributed by atoms with E-state index in [4.69, 9.17) is 4.74 Å². The van der Waals surface area contributed by atoms with Crippen molar-refractivity contribution >= 4 is 38.2 Å². The summed E-state index contributed by atoms with van der Waals surface area (Å²) >= 11 is 4.21. The normalized spacial score (nSPS) is 10.6. The molecule has 0 amide bonds. The topological polar surface area (TPSA) is 60.7 Å². The van der Waals surface area contributed by atoms with Crippen molar-refractivity contribution in [2.75, 3.05) is 6.61 Å². The van der Waals surface area contributed by atoms with Gasteiger partial charge in [-0.1, -0.05) is 11.3 Å². The Kier molecular flexibility index (Phi) is 3.06. The van der Waals surface area contributed by atoms with E-state index in [9.17, 15) is 9.59 Å². The number of esters is 1. The fraction of sp³-hybridized carbons (Fsp3) is 0.222. The average molecular weight is 303 g/mol. The molecule has 0 unspecified atom stereocenters. The number of rotatable bonds is 2. The molecule has 7 heteroatoms. The fourth-order valence-electron chi connectivity index (χ4n) is 1.16. The van der Waals surface area contributed by atoms with Crippen LogP contribution in [0.5, 0.6) is 0 Å². The molecule has 0 bridgehead atoms. The molecule has 16 heavy (non-hydrogen) atoms. The molecule has 2 aromatic rings. The summed E-state index contributed by atoms with van der Waals surface area (Å²) in [5, 5.41) is 0. The summed E-state index contributed by atoms with van der Waals surface area (Å²) in [6.07, 6.45) is 2.86. The van der Waals surface area contributed by atoms with E-state index in [-0.39, 0.29) is 5.56 Å². The molecule has 5 nitrogen and oxygen atoms in total. The van der Waals surface area contributed by atoms with Gasteiger partial charge in [0.05, 0.1) is 6.61 Å². The van der Waals surface area contributed by atoms with E-state index in [0.29, 0.717) is 20.9 Å². The lowest BCUT2D eigenvalue weighted by molar-refractivity contribution is 0.0531. The van der Waals surface area contributed by atoms with E-state index in [0.717, 1.165) is 11.3 Å². The van der Waals surface area contributed by atoms with Crippen molar-refractivity contribution in [2.45, 2.75) is 6.92 Å².